The van der Waals surface area contributed by atoms with Crippen molar-refractivity contribution in [3.8, 4) is 11.5 Å². The number of hydrogen-bond donors (Lipinski definition) is 1. The van der Waals surface area contributed by atoms with E-state index in [0.717, 1.165) is 0 Å². The van der Waals surface area contributed by atoms with Crippen LogP contribution in [-0.4, -0.2) is 28.0 Å². The first-order chi connectivity index (χ1) is 8.53. The summed E-state index contributed by atoms with van der Waals surface area (Å²) in [7, 11) is -2.16. The highest BCUT2D eigenvalue weighted by Gasteiger charge is 2.24. The Hall–Kier alpha value is -2.02. The first kappa shape index (κ1) is 12.4. The van der Waals surface area contributed by atoms with E-state index in [1.54, 1.807) is 24.3 Å². The van der Waals surface area contributed by atoms with Crippen LogP contribution in [-0.2, 0) is 10.0 Å². The Morgan fingerprint density at radius 2 is 1.94 bits per heavy atom. The van der Waals surface area contributed by atoms with Gasteiger partial charge >= 0.3 is 0 Å². The molecule has 7 heteroatoms. The third-order valence-electron chi connectivity index (χ3n) is 2.30. The van der Waals surface area contributed by atoms with Gasteiger partial charge in [0.05, 0.1) is 7.11 Å². The monoisotopic (exact) mass is 268 g/mol. The summed E-state index contributed by atoms with van der Waals surface area (Å²) in [6, 6.07) is 6.96. The normalized spacial score (nSPS) is 16.9. The van der Waals surface area contributed by atoms with Crippen LogP contribution in [0.15, 0.2) is 39.6 Å². The van der Waals surface area contributed by atoms with Gasteiger partial charge in [-0.1, -0.05) is 12.1 Å². The third kappa shape index (κ3) is 2.45. The lowest BCUT2D eigenvalue weighted by Crippen LogP contribution is -2.07. The number of benzene rings is 1. The minimum absolute atomic E-state index is 0.0332. The second kappa shape index (κ2) is 4.69. The van der Waals surface area contributed by atoms with Gasteiger partial charge in [0, 0.05) is 6.08 Å². The average Bonchev–Trinajstić information content (AvgIpc) is 2.59. The first-order valence-electron chi connectivity index (χ1n) is 5.10. The summed E-state index contributed by atoms with van der Waals surface area (Å²) in [6.45, 7) is -0.132. The van der Waals surface area contributed by atoms with Crippen molar-refractivity contribution >= 4 is 15.9 Å². The lowest BCUT2D eigenvalue weighted by atomic mass is 10.3. The lowest BCUT2D eigenvalue weighted by molar-refractivity contribution is 0.323. The van der Waals surface area contributed by atoms with Gasteiger partial charge in [0.15, 0.2) is 11.5 Å². The molecule has 0 amide bonds. The van der Waals surface area contributed by atoms with Crippen LogP contribution in [0, 0.1) is 0 Å². The van der Waals surface area contributed by atoms with E-state index < -0.39 is 10.0 Å². The van der Waals surface area contributed by atoms with E-state index in [4.69, 9.17) is 15.2 Å². The Morgan fingerprint density at radius 1 is 1.28 bits per heavy atom. The van der Waals surface area contributed by atoms with Crippen LogP contribution in [0.3, 0.4) is 0 Å². The number of sulfonamides is 1. The van der Waals surface area contributed by atoms with Crippen molar-refractivity contribution in [1.29, 1.82) is 0 Å². The molecule has 0 bridgehead atoms. The van der Waals surface area contributed by atoms with Crippen LogP contribution in [0.4, 0.5) is 0 Å². The second-order valence-electron chi connectivity index (χ2n) is 3.54. The van der Waals surface area contributed by atoms with Crippen LogP contribution in [0.2, 0.25) is 0 Å². The van der Waals surface area contributed by atoms with Crippen LogP contribution >= 0.6 is 0 Å². The third-order valence-corrected chi connectivity index (χ3v) is 3.65. The molecule has 0 unspecified atom stereocenters. The summed E-state index contributed by atoms with van der Waals surface area (Å²) in [5.74, 6) is 0.956. The first-order valence-corrected chi connectivity index (χ1v) is 6.54. The molecule has 6 nitrogen and oxygen atoms in total. The molecule has 2 N–H and O–H groups in total. The number of amidine groups is 1. The highest BCUT2D eigenvalue weighted by Crippen LogP contribution is 2.27. The van der Waals surface area contributed by atoms with Crippen LogP contribution in [0.25, 0.3) is 0 Å². The van der Waals surface area contributed by atoms with Crippen molar-refractivity contribution in [3.05, 3.63) is 35.2 Å². The molecule has 1 aliphatic rings. The highest BCUT2D eigenvalue weighted by molar-refractivity contribution is 7.94. The summed E-state index contributed by atoms with van der Waals surface area (Å²) in [4.78, 5) is 0.0332. The molecular weight excluding hydrogens is 256 g/mol. The summed E-state index contributed by atoms with van der Waals surface area (Å²) in [6.07, 6.45) is 1.28. The van der Waals surface area contributed by atoms with Gasteiger partial charge in [-0.25, -0.2) is 0 Å². The molecule has 0 fully saturated rings. The van der Waals surface area contributed by atoms with Crippen LogP contribution in [0.1, 0.15) is 0 Å². The Bertz CT molecular complexity index is 620. The zero-order valence-corrected chi connectivity index (χ0v) is 10.5. The predicted molar refractivity (Wildman–Crippen MR) is 67.1 cm³/mol. The highest BCUT2D eigenvalue weighted by atomic mass is 32.2. The SMILES string of the molecule is COc1ccccc1OCC1=CC(N)=NS1(=O)=O. The van der Waals surface area contributed by atoms with Gasteiger partial charge in [0.1, 0.15) is 17.3 Å². The zero-order chi connectivity index (χ0) is 13.2. The molecule has 0 spiro atoms. The minimum Gasteiger partial charge on any atom is -0.493 e. The molecule has 0 radical (unpaired) electrons. The van der Waals surface area contributed by atoms with E-state index in [1.165, 1.54) is 13.2 Å². The number of rotatable bonds is 4. The van der Waals surface area contributed by atoms with Crippen molar-refractivity contribution in [2.24, 2.45) is 10.1 Å². The second-order valence-corrected chi connectivity index (χ2v) is 5.20. The van der Waals surface area contributed by atoms with Gasteiger partial charge in [0.2, 0.25) is 0 Å². The van der Waals surface area contributed by atoms with Gasteiger partial charge in [-0.05, 0) is 12.1 Å². The summed E-state index contributed by atoms with van der Waals surface area (Å²) < 4.78 is 36.8. The summed E-state index contributed by atoms with van der Waals surface area (Å²) in [5.41, 5.74) is 5.34. The largest absolute Gasteiger partial charge is 0.493 e. The minimum atomic E-state index is -3.67. The smallest absolute Gasteiger partial charge is 0.283 e. The molecule has 2 rings (SSSR count). The van der Waals surface area contributed by atoms with E-state index in [0.29, 0.717) is 11.5 Å². The molecule has 0 saturated carbocycles. The number of nitrogens with two attached hydrogens (primary N) is 1. The van der Waals surface area contributed by atoms with Crippen molar-refractivity contribution in [2.75, 3.05) is 13.7 Å². The van der Waals surface area contributed by atoms with Crippen molar-refractivity contribution in [2.45, 2.75) is 0 Å². The fraction of sp³-hybridized carbons (Fsp3) is 0.182. The van der Waals surface area contributed by atoms with E-state index in [1.807, 2.05) is 0 Å². The maximum Gasteiger partial charge on any atom is 0.283 e. The van der Waals surface area contributed by atoms with Crippen molar-refractivity contribution < 1.29 is 17.9 Å². The lowest BCUT2D eigenvalue weighted by Gasteiger charge is -2.09. The molecule has 96 valence electrons. The Kier molecular flexibility index (Phi) is 3.24. The predicted octanol–water partition coefficient (Wildman–Crippen LogP) is 0.659. The number of ether oxygens (including phenoxy) is 2. The molecule has 0 aromatic heterocycles. The fourth-order valence-corrected chi connectivity index (χ4v) is 2.39. The standard InChI is InChI=1S/C11H12N2O4S/c1-16-9-4-2-3-5-10(9)17-7-8-6-11(12)13-18(8,14)15/h2-6H,7H2,1H3,(H2,12,13). The van der Waals surface area contributed by atoms with Crippen molar-refractivity contribution in [3.63, 3.8) is 0 Å². The fourth-order valence-electron chi connectivity index (χ4n) is 1.47. The van der Waals surface area contributed by atoms with Gasteiger partial charge in [-0.15, -0.1) is 4.40 Å². The average molecular weight is 268 g/mol. The van der Waals surface area contributed by atoms with Gasteiger partial charge in [-0.3, -0.25) is 0 Å². The molecule has 0 atom stereocenters. The van der Waals surface area contributed by atoms with Crippen LogP contribution in [0.5, 0.6) is 11.5 Å². The van der Waals surface area contributed by atoms with Gasteiger partial charge in [0.25, 0.3) is 10.0 Å². The van der Waals surface area contributed by atoms with E-state index in [-0.39, 0.29) is 17.3 Å². The molecular formula is C11H12N2O4S. The van der Waals surface area contributed by atoms with Crippen LogP contribution < -0.4 is 15.2 Å². The van der Waals surface area contributed by atoms with Gasteiger partial charge in [-0.2, -0.15) is 8.42 Å². The molecule has 1 aromatic carbocycles. The zero-order valence-electron chi connectivity index (χ0n) is 9.66. The summed E-state index contributed by atoms with van der Waals surface area (Å²) >= 11 is 0. The topological polar surface area (TPSA) is 91.0 Å². The maximum atomic E-state index is 11.5. The molecule has 18 heavy (non-hydrogen) atoms. The molecule has 1 aromatic rings. The Labute approximate surface area is 105 Å². The molecule has 1 heterocycles. The molecule has 1 aliphatic heterocycles. The number of nitrogens with zero attached hydrogens (tertiary/aromatic N) is 1. The maximum absolute atomic E-state index is 11.5. The summed E-state index contributed by atoms with van der Waals surface area (Å²) in [5, 5.41) is 0. The van der Waals surface area contributed by atoms with E-state index in [9.17, 15) is 8.42 Å². The number of para-hydroxylation sites is 2. The number of hydrogen-bond acceptors (Lipinski definition) is 5. The quantitative estimate of drug-likeness (QED) is 0.866. The van der Waals surface area contributed by atoms with Crippen molar-refractivity contribution in [1.82, 2.24) is 0 Å². The number of methoxy groups -OCH3 is 1. The Balaban J connectivity index is 2.12. The van der Waals surface area contributed by atoms with E-state index in [2.05, 4.69) is 4.40 Å². The van der Waals surface area contributed by atoms with E-state index >= 15 is 0 Å². The van der Waals surface area contributed by atoms with Gasteiger partial charge < -0.3 is 15.2 Å². The molecule has 0 saturated heterocycles. The molecule has 0 aliphatic carbocycles. The Morgan fingerprint density at radius 3 is 2.50 bits per heavy atom.